The predicted molar refractivity (Wildman–Crippen MR) is 49.9 cm³/mol. The lowest BCUT2D eigenvalue weighted by atomic mass is 10.2. The second-order valence-electron chi connectivity index (χ2n) is 3.50. The molecule has 1 N–H and O–H groups in total. The van der Waals surface area contributed by atoms with Gasteiger partial charge in [0.15, 0.2) is 6.04 Å². The number of nitrogens with zero attached hydrogens (tertiary/aromatic N) is 1. The van der Waals surface area contributed by atoms with Gasteiger partial charge in [0.25, 0.3) is 0 Å². The van der Waals surface area contributed by atoms with Gasteiger partial charge in [0.05, 0.1) is 6.26 Å². The second kappa shape index (κ2) is 3.84. The fourth-order valence-electron chi connectivity index (χ4n) is 1.90. The van der Waals surface area contributed by atoms with Crippen LogP contribution in [0, 0.1) is 0 Å². The van der Waals surface area contributed by atoms with Crippen molar-refractivity contribution in [3.8, 4) is 0 Å². The molecule has 1 unspecified atom stereocenters. The second-order valence-corrected chi connectivity index (χ2v) is 3.50. The quantitative estimate of drug-likeness (QED) is 0.794. The number of aliphatic carboxylic acids is 1. The summed E-state index contributed by atoms with van der Waals surface area (Å²) in [5.41, 5.74) is 0. The molecule has 2 rings (SSSR count). The Balaban J connectivity index is 2.19. The van der Waals surface area contributed by atoms with Crippen LogP contribution in [0.1, 0.15) is 24.6 Å². The smallest absolute Gasteiger partial charge is 0.328 e. The van der Waals surface area contributed by atoms with Crippen molar-refractivity contribution in [3.63, 3.8) is 0 Å². The minimum atomic E-state index is -0.832. The molecule has 76 valence electrons. The Labute approximate surface area is 82.1 Å². The summed E-state index contributed by atoms with van der Waals surface area (Å²) in [5.74, 6) is -0.304. The van der Waals surface area contributed by atoms with Gasteiger partial charge in [-0.1, -0.05) is 0 Å². The molecule has 0 aliphatic carbocycles. The number of furan rings is 1. The molecule has 1 aromatic rings. The van der Waals surface area contributed by atoms with Gasteiger partial charge in [0.2, 0.25) is 0 Å². The summed E-state index contributed by atoms with van der Waals surface area (Å²) in [4.78, 5) is 13.0. The Morgan fingerprint density at radius 3 is 2.71 bits per heavy atom. The SMILES string of the molecule is O=C(O)C(c1ccco1)N1CCCC1. The molecule has 1 fully saturated rings. The molecule has 1 aliphatic heterocycles. The van der Waals surface area contributed by atoms with Gasteiger partial charge in [-0.3, -0.25) is 9.69 Å². The predicted octanol–water partition coefficient (Wildman–Crippen LogP) is 1.50. The topological polar surface area (TPSA) is 53.7 Å². The number of carboxylic acid groups (broad SMARTS) is 1. The third-order valence-electron chi connectivity index (χ3n) is 2.55. The van der Waals surface area contributed by atoms with Crippen LogP contribution in [0.2, 0.25) is 0 Å². The molecule has 0 radical (unpaired) electrons. The Morgan fingerprint density at radius 2 is 2.21 bits per heavy atom. The fraction of sp³-hybridized carbons (Fsp3) is 0.500. The van der Waals surface area contributed by atoms with Gasteiger partial charge in [-0.05, 0) is 38.1 Å². The molecule has 1 saturated heterocycles. The summed E-state index contributed by atoms with van der Waals surface area (Å²) in [6.07, 6.45) is 3.66. The van der Waals surface area contributed by atoms with Crippen LogP contribution in [0.5, 0.6) is 0 Å². The van der Waals surface area contributed by atoms with Crippen molar-refractivity contribution in [2.24, 2.45) is 0 Å². The Bertz CT molecular complexity index is 301. The first-order chi connectivity index (χ1) is 6.79. The molecule has 1 aromatic heterocycles. The van der Waals surface area contributed by atoms with Crippen LogP contribution >= 0.6 is 0 Å². The highest BCUT2D eigenvalue weighted by atomic mass is 16.4. The normalized spacial score (nSPS) is 19.7. The standard InChI is InChI=1S/C10H13NO3/c12-10(13)9(8-4-3-7-14-8)11-5-1-2-6-11/h3-4,7,9H,1-2,5-6H2,(H,12,13). The average Bonchev–Trinajstić information content (AvgIpc) is 2.75. The van der Waals surface area contributed by atoms with E-state index in [1.807, 2.05) is 4.90 Å². The molecular weight excluding hydrogens is 182 g/mol. The third kappa shape index (κ3) is 1.65. The molecule has 4 heteroatoms. The lowest BCUT2D eigenvalue weighted by Gasteiger charge is -2.21. The first kappa shape index (κ1) is 9.27. The van der Waals surface area contributed by atoms with Crippen molar-refractivity contribution >= 4 is 5.97 Å². The zero-order valence-electron chi connectivity index (χ0n) is 7.85. The van der Waals surface area contributed by atoms with Crippen LogP contribution in [-0.4, -0.2) is 29.1 Å². The van der Waals surface area contributed by atoms with Gasteiger partial charge in [-0.15, -0.1) is 0 Å². The highest BCUT2D eigenvalue weighted by molar-refractivity contribution is 5.74. The van der Waals surface area contributed by atoms with E-state index in [2.05, 4.69) is 0 Å². The molecule has 0 saturated carbocycles. The highest BCUT2D eigenvalue weighted by Gasteiger charge is 2.31. The summed E-state index contributed by atoms with van der Waals surface area (Å²) >= 11 is 0. The Morgan fingerprint density at radius 1 is 1.50 bits per heavy atom. The first-order valence-electron chi connectivity index (χ1n) is 4.79. The van der Waals surface area contributed by atoms with Crippen molar-refractivity contribution in [1.29, 1.82) is 0 Å². The minimum absolute atomic E-state index is 0.527. The molecule has 2 heterocycles. The van der Waals surface area contributed by atoms with Crippen molar-refractivity contribution < 1.29 is 14.3 Å². The largest absolute Gasteiger partial charge is 0.480 e. The number of hydrogen-bond donors (Lipinski definition) is 1. The number of carboxylic acids is 1. The molecule has 4 nitrogen and oxygen atoms in total. The molecule has 0 amide bonds. The van der Waals surface area contributed by atoms with Gasteiger partial charge >= 0.3 is 5.97 Å². The number of carbonyl (C=O) groups is 1. The van der Waals surface area contributed by atoms with E-state index in [-0.39, 0.29) is 0 Å². The minimum Gasteiger partial charge on any atom is -0.480 e. The van der Waals surface area contributed by atoms with Gasteiger partial charge in [0.1, 0.15) is 5.76 Å². The van der Waals surface area contributed by atoms with Crippen LogP contribution in [0.3, 0.4) is 0 Å². The maximum absolute atomic E-state index is 11.1. The maximum Gasteiger partial charge on any atom is 0.328 e. The van der Waals surface area contributed by atoms with E-state index in [1.165, 1.54) is 6.26 Å². The lowest BCUT2D eigenvalue weighted by molar-refractivity contribution is -0.143. The fourth-order valence-corrected chi connectivity index (χ4v) is 1.90. The molecular formula is C10H13NO3. The zero-order chi connectivity index (χ0) is 9.97. The van der Waals surface area contributed by atoms with Crippen molar-refractivity contribution in [3.05, 3.63) is 24.2 Å². The zero-order valence-corrected chi connectivity index (χ0v) is 7.85. The average molecular weight is 195 g/mol. The van der Waals surface area contributed by atoms with Crippen molar-refractivity contribution in [2.45, 2.75) is 18.9 Å². The number of hydrogen-bond acceptors (Lipinski definition) is 3. The maximum atomic E-state index is 11.1. The van der Waals surface area contributed by atoms with Gasteiger partial charge in [-0.25, -0.2) is 0 Å². The Hall–Kier alpha value is -1.29. The summed E-state index contributed by atoms with van der Waals surface area (Å²) in [7, 11) is 0. The van der Waals surface area contributed by atoms with E-state index in [9.17, 15) is 4.79 Å². The first-order valence-corrected chi connectivity index (χ1v) is 4.79. The molecule has 0 bridgehead atoms. The van der Waals surface area contributed by atoms with Crippen LogP contribution < -0.4 is 0 Å². The van der Waals surface area contributed by atoms with Crippen molar-refractivity contribution in [1.82, 2.24) is 4.90 Å². The van der Waals surface area contributed by atoms with Gasteiger partial charge in [-0.2, -0.15) is 0 Å². The third-order valence-corrected chi connectivity index (χ3v) is 2.55. The molecule has 1 aliphatic rings. The molecule has 1 atom stereocenters. The molecule has 0 spiro atoms. The summed E-state index contributed by atoms with van der Waals surface area (Å²) < 4.78 is 5.15. The van der Waals surface area contributed by atoms with Crippen LogP contribution in [0.4, 0.5) is 0 Å². The summed E-state index contributed by atoms with van der Waals surface area (Å²) in [5, 5.41) is 9.10. The molecule has 0 aromatic carbocycles. The summed E-state index contributed by atoms with van der Waals surface area (Å²) in [6.45, 7) is 1.69. The van der Waals surface area contributed by atoms with Crippen molar-refractivity contribution in [2.75, 3.05) is 13.1 Å². The van der Waals surface area contributed by atoms with Crippen LogP contribution in [0.25, 0.3) is 0 Å². The van der Waals surface area contributed by atoms with E-state index in [0.717, 1.165) is 25.9 Å². The number of rotatable bonds is 3. The lowest BCUT2D eigenvalue weighted by Crippen LogP contribution is -2.31. The number of likely N-dealkylation sites (tertiary alicyclic amines) is 1. The summed E-state index contributed by atoms with van der Waals surface area (Å²) in [6, 6.07) is 2.84. The van der Waals surface area contributed by atoms with E-state index < -0.39 is 12.0 Å². The monoisotopic (exact) mass is 195 g/mol. The highest BCUT2D eigenvalue weighted by Crippen LogP contribution is 2.25. The molecule has 14 heavy (non-hydrogen) atoms. The van der Waals surface area contributed by atoms with Crippen LogP contribution in [0.15, 0.2) is 22.8 Å². The van der Waals surface area contributed by atoms with Gasteiger partial charge < -0.3 is 9.52 Å². The van der Waals surface area contributed by atoms with E-state index in [4.69, 9.17) is 9.52 Å². The van der Waals surface area contributed by atoms with E-state index >= 15 is 0 Å². The van der Waals surface area contributed by atoms with Crippen LogP contribution in [-0.2, 0) is 4.79 Å². The van der Waals surface area contributed by atoms with Gasteiger partial charge in [0, 0.05) is 0 Å². The van der Waals surface area contributed by atoms with E-state index in [0.29, 0.717) is 5.76 Å². The Kier molecular flexibility index (Phi) is 2.54. The van der Waals surface area contributed by atoms with E-state index in [1.54, 1.807) is 12.1 Å².